The van der Waals surface area contributed by atoms with Gasteiger partial charge in [0.05, 0.1) is 26.2 Å². The summed E-state index contributed by atoms with van der Waals surface area (Å²) in [4.78, 5) is 48.8. The predicted molar refractivity (Wildman–Crippen MR) is 192 cm³/mol. The lowest BCUT2D eigenvalue weighted by atomic mass is 9.76. The fourth-order valence-electron chi connectivity index (χ4n) is 8.36. The smallest absolute Gasteiger partial charge is 0.317 e. The number of nitrogens with one attached hydrogen (secondary N) is 3. The van der Waals surface area contributed by atoms with E-state index in [4.69, 9.17) is 5.73 Å². The van der Waals surface area contributed by atoms with Gasteiger partial charge in [-0.05, 0) is 73.3 Å². The molecule has 0 bridgehead atoms. The Hall–Kier alpha value is -4.08. The van der Waals surface area contributed by atoms with Crippen molar-refractivity contribution in [3.05, 3.63) is 54.1 Å². The van der Waals surface area contributed by atoms with E-state index in [1.165, 1.54) is 15.4 Å². The van der Waals surface area contributed by atoms with Crippen LogP contribution in [0.5, 0.6) is 0 Å². The largest absolute Gasteiger partial charge is 0.480 e. The zero-order chi connectivity index (χ0) is 36.5. The lowest BCUT2D eigenvalue weighted by Gasteiger charge is -2.47. The van der Waals surface area contributed by atoms with Crippen LogP contribution < -0.4 is 21.7 Å². The van der Waals surface area contributed by atoms with E-state index in [1.807, 2.05) is 24.3 Å². The van der Waals surface area contributed by atoms with Crippen LogP contribution in [0.1, 0.15) is 62.8 Å². The number of anilines is 1. The summed E-state index contributed by atoms with van der Waals surface area (Å²) < 4.78 is 0. The summed E-state index contributed by atoms with van der Waals surface area (Å²) >= 11 is 0. The highest BCUT2D eigenvalue weighted by molar-refractivity contribution is 5.73. The van der Waals surface area contributed by atoms with Crippen LogP contribution in [0, 0.1) is 0 Å². The van der Waals surface area contributed by atoms with Crippen molar-refractivity contribution in [3.8, 4) is 11.1 Å². The predicted octanol–water partition coefficient (Wildman–Crippen LogP) is 2.10. The van der Waals surface area contributed by atoms with Crippen LogP contribution in [0.3, 0.4) is 0 Å². The van der Waals surface area contributed by atoms with Gasteiger partial charge in [-0.25, -0.2) is 0 Å². The summed E-state index contributed by atoms with van der Waals surface area (Å²) in [5.41, 5.74) is 10.1. The van der Waals surface area contributed by atoms with Crippen LogP contribution in [-0.4, -0.2) is 130 Å². The maximum absolute atomic E-state index is 11.5. The Kier molecular flexibility index (Phi) is 13.4. The Morgan fingerprint density at radius 1 is 0.569 bits per heavy atom. The molecule has 3 aliphatic heterocycles. The molecule has 14 nitrogen and oxygen atoms in total. The first-order valence-electron chi connectivity index (χ1n) is 18.0. The minimum atomic E-state index is -1.06. The topological polar surface area (TPSA) is 218 Å². The number of hydrogen-bond acceptors (Lipinski definition) is 10. The van der Waals surface area contributed by atoms with Crippen LogP contribution in [0.25, 0.3) is 11.1 Å². The van der Waals surface area contributed by atoms with Crippen molar-refractivity contribution in [2.45, 2.75) is 93.5 Å². The quantitative estimate of drug-likeness (QED) is 0.117. The van der Waals surface area contributed by atoms with Gasteiger partial charge in [0, 0.05) is 55.0 Å². The first kappa shape index (κ1) is 38.2. The monoisotopic (exact) mass is 708 g/mol. The van der Waals surface area contributed by atoms with Gasteiger partial charge in [0.15, 0.2) is 0 Å². The number of piperidine rings is 3. The molecule has 0 aliphatic carbocycles. The molecule has 3 aliphatic rings. The van der Waals surface area contributed by atoms with Crippen molar-refractivity contribution >= 4 is 29.6 Å². The molecule has 51 heavy (non-hydrogen) atoms. The van der Waals surface area contributed by atoms with E-state index in [2.05, 4.69) is 40.2 Å². The molecule has 278 valence electrons. The summed E-state index contributed by atoms with van der Waals surface area (Å²) in [6.07, 6.45) is 7.16. The molecule has 5 rings (SSSR count). The van der Waals surface area contributed by atoms with E-state index in [0.717, 1.165) is 62.5 Å². The highest BCUT2D eigenvalue weighted by Crippen LogP contribution is 2.36. The van der Waals surface area contributed by atoms with Crippen molar-refractivity contribution in [2.24, 2.45) is 0 Å². The lowest BCUT2D eigenvalue weighted by molar-refractivity contribution is -0.144. The van der Waals surface area contributed by atoms with Gasteiger partial charge in [0.1, 0.15) is 0 Å². The molecule has 0 saturated carbocycles. The van der Waals surface area contributed by atoms with Crippen LogP contribution >= 0.6 is 0 Å². The zero-order valence-electron chi connectivity index (χ0n) is 29.0. The Morgan fingerprint density at radius 2 is 0.961 bits per heavy atom. The number of carbonyl (C=O) groups is 4. The molecule has 0 amide bonds. The molecular weight excluding hydrogens is 656 g/mol. The van der Waals surface area contributed by atoms with E-state index in [9.17, 15) is 39.6 Å². The molecule has 3 fully saturated rings. The summed E-state index contributed by atoms with van der Waals surface area (Å²) in [6, 6.07) is 16.8. The maximum atomic E-state index is 11.5. The Morgan fingerprint density at radius 3 is 1.35 bits per heavy atom. The SMILES string of the molecule is Nc1ccc(-c2ccc(C3CC(C4CCCC(CN(CC(=O)O)CC(=O)O)N4)NC(C4CCCC(CN(CC(=O)O)CC(=O)O)N4)C3)cc2)cc1. The third-order valence-electron chi connectivity index (χ3n) is 10.5. The second-order valence-corrected chi connectivity index (χ2v) is 14.5. The van der Waals surface area contributed by atoms with Gasteiger partial charge in [-0.1, -0.05) is 49.2 Å². The Balaban J connectivity index is 1.33. The number of carboxylic acids is 4. The van der Waals surface area contributed by atoms with E-state index in [1.54, 1.807) is 0 Å². The van der Waals surface area contributed by atoms with Gasteiger partial charge in [0.2, 0.25) is 0 Å². The van der Waals surface area contributed by atoms with Crippen molar-refractivity contribution in [3.63, 3.8) is 0 Å². The highest BCUT2D eigenvalue weighted by atomic mass is 16.4. The third-order valence-corrected chi connectivity index (χ3v) is 10.5. The maximum Gasteiger partial charge on any atom is 0.317 e. The molecular formula is C37H52N6O8. The first-order chi connectivity index (χ1) is 24.4. The number of aliphatic carboxylic acids is 4. The van der Waals surface area contributed by atoms with Crippen molar-refractivity contribution < 1.29 is 39.6 Å². The van der Waals surface area contributed by atoms with Crippen molar-refractivity contribution in [1.29, 1.82) is 0 Å². The zero-order valence-corrected chi connectivity index (χ0v) is 29.0. The minimum absolute atomic E-state index is 0.0473. The fourth-order valence-corrected chi connectivity index (χ4v) is 8.36. The second kappa shape index (κ2) is 17.9. The normalized spacial score (nSPS) is 26.9. The molecule has 0 spiro atoms. The average molecular weight is 709 g/mol. The number of rotatable bonds is 16. The molecule has 3 saturated heterocycles. The van der Waals surface area contributed by atoms with Crippen molar-refractivity contribution in [2.75, 3.05) is 45.0 Å². The van der Waals surface area contributed by atoms with Gasteiger partial charge in [-0.3, -0.25) is 29.0 Å². The minimum Gasteiger partial charge on any atom is -0.480 e. The number of hydrogen-bond donors (Lipinski definition) is 8. The lowest BCUT2D eigenvalue weighted by Crippen LogP contribution is -2.64. The van der Waals surface area contributed by atoms with Crippen LogP contribution in [-0.2, 0) is 19.2 Å². The Labute approximate surface area is 298 Å². The molecule has 3 heterocycles. The number of nitrogens with two attached hydrogens (primary N) is 1. The fraction of sp³-hybridized carbons (Fsp3) is 0.568. The molecule has 0 aromatic heterocycles. The summed E-state index contributed by atoms with van der Waals surface area (Å²) in [5, 5.41) is 49.0. The van der Waals surface area contributed by atoms with Gasteiger partial charge < -0.3 is 42.1 Å². The van der Waals surface area contributed by atoms with Gasteiger partial charge in [0.25, 0.3) is 0 Å². The standard InChI is InChI=1S/C37H52N6O8/c38-27-13-11-24(12-14-27)23-7-9-25(10-8-23)26-15-32(30-5-1-3-28(39-30)17-42(19-34(44)45)20-35(46)47)41-33(16-26)31-6-2-4-29(40-31)18-43(21-36(48)49)22-37(50)51/h7-14,26,28-33,39-41H,1-6,15-22,38H2,(H,44,45)(H,46,47)(H,48,49)(H,50,51). The number of benzene rings is 2. The van der Waals surface area contributed by atoms with Crippen LogP contribution in [0.2, 0.25) is 0 Å². The highest BCUT2D eigenvalue weighted by Gasteiger charge is 2.40. The number of nitrogens with zero attached hydrogens (tertiary/aromatic N) is 2. The molecule has 14 heteroatoms. The van der Waals surface area contributed by atoms with Crippen LogP contribution in [0.15, 0.2) is 48.5 Å². The second-order valence-electron chi connectivity index (χ2n) is 14.5. The first-order valence-corrected chi connectivity index (χ1v) is 18.0. The third kappa shape index (κ3) is 11.5. The molecule has 6 atom stereocenters. The molecule has 9 N–H and O–H groups in total. The van der Waals surface area contributed by atoms with Gasteiger partial charge in [-0.2, -0.15) is 0 Å². The number of nitrogen functional groups attached to an aromatic ring is 1. The van der Waals surface area contributed by atoms with E-state index < -0.39 is 23.9 Å². The molecule has 0 radical (unpaired) electrons. The van der Waals surface area contributed by atoms with Crippen molar-refractivity contribution in [1.82, 2.24) is 25.8 Å². The van der Waals surface area contributed by atoms with Gasteiger partial charge in [-0.15, -0.1) is 0 Å². The molecule has 6 unspecified atom stereocenters. The Bertz CT molecular complexity index is 1390. The molecule has 2 aromatic rings. The average Bonchev–Trinajstić information content (AvgIpc) is 3.07. The summed E-state index contributed by atoms with van der Waals surface area (Å²) in [7, 11) is 0. The summed E-state index contributed by atoms with van der Waals surface area (Å²) in [6.45, 7) is -0.681. The van der Waals surface area contributed by atoms with Crippen LogP contribution in [0.4, 0.5) is 5.69 Å². The van der Waals surface area contributed by atoms with E-state index in [0.29, 0.717) is 18.8 Å². The molecule has 2 aromatic carbocycles. The van der Waals surface area contributed by atoms with E-state index in [-0.39, 0.29) is 68.3 Å². The van der Waals surface area contributed by atoms with E-state index >= 15 is 0 Å². The summed E-state index contributed by atoms with van der Waals surface area (Å²) in [5.74, 6) is -3.98. The number of carboxylic acid groups (broad SMARTS) is 4. The van der Waals surface area contributed by atoms with Gasteiger partial charge >= 0.3 is 23.9 Å².